The Labute approximate surface area is 179 Å². The van der Waals surface area contributed by atoms with Crippen LogP contribution in [-0.2, 0) is 21.1 Å². The monoisotopic (exact) mass is 442 g/mol. The molecule has 5 nitrogen and oxygen atoms in total. The van der Waals surface area contributed by atoms with Gasteiger partial charge in [-0.05, 0) is 60.5 Å². The number of sulfone groups is 1. The molecule has 3 aromatic rings. The standard InChI is InChI=1S/C23H22O5S2/c24-22(21-10-5-15-29-21)18-11-13-20(14-12-18)30(27,28)16-19(23(25)26)9-4-8-17-6-2-1-3-7-17/h1-3,5-7,10-15,19H,4,8-9,16H2,(H,25,26). The highest BCUT2D eigenvalue weighted by atomic mass is 32.2. The van der Waals surface area contributed by atoms with Gasteiger partial charge in [-0.3, -0.25) is 9.59 Å². The zero-order valence-electron chi connectivity index (χ0n) is 16.2. The van der Waals surface area contributed by atoms with Crippen molar-refractivity contribution in [3.8, 4) is 0 Å². The van der Waals surface area contributed by atoms with Gasteiger partial charge in [0.2, 0.25) is 5.78 Å². The summed E-state index contributed by atoms with van der Waals surface area (Å²) in [5.41, 5.74) is 1.49. The summed E-state index contributed by atoms with van der Waals surface area (Å²) in [7, 11) is -3.79. The van der Waals surface area contributed by atoms with Crippen LogP contribution in [0.2, 0.25) is 0 Å². The van der Waals surface area contributed by atoms with Gasteiger partial charge in [-0.15, -0.1) is 11.3 Å². The van der Waals surface area contributed by atoms with E-state index in [4.69, 9.17) is 0 Å². The van der Waals surface area contributed by atoms with Crippen LogP contribution >= 0.6 is 11.3 Å². The second-order valence-electron chi connectivity index (χ2n) is 7.03. The van der Waals surface area contributed by atoms with Crippen molar-refractivity contribution >= 4 is 32.9 Å². The molecule has 3 rings (SSSR count). The molecule has 156 valence electrons. The van der Waals surface area contributed by atoms with Crippen molar-refractivity contribution in [1.29, 1.82) is 0 Å². The number of rotatable bonds is 10. The molecule has 0 aliphatic carbocycles. The highest BCUT2D eigenvalue weighted by Gasteiger charge is 2.26. The minimum absolute atomic E-state index is 0.0274. The number of hydrogen-bond donors (Lipinski definition) is 1. The largest absolute Gasteiger partial charge is 0.481 e. The van der Waals surface area contributed by atoms with Gasteiger partial charge in [0.15, 0.2) is 9.84 Å². The van der Waals surface area contributed by atoms with Gasteiger partial charge in [-0.25, -0.2) is 8.42 Å². The molecule has 0 saturated heterocycles. The van der Waals surface area contributed by atoms with Crippen molar-refractivity contribution in [3.05, 3.63) is 88.1 Å². The molecule has 0 aliphatic rings. The second-order valence-corrected chi connectivity index (χ2v) is 10.0. The molecular weight excluding hydrogens is 420 g/mol. The average molecular weight is 443 g/mol. The SMILES string of the molecule is O=C(c1ccc(S(=O)(=O)CC(CCCc2ccccc2)C(=O)O)cc1)c1cccs1. The Kier molecular flexibility index (Phi) is 7.18. The van der Waals surface area contributed by atoms with E-state index >= 15 is 0 Å². The summed E-state index contributed by atoms with van der Waals surface area (Å²) in [6, 6.07) is 18.9. The number of aliphatic carboxylic acids is 1. The molecule has 0 amide bonds. The van der Waals surface area contributed by atoms with Gasteiger partial charge in [-0.2, -0.15) is 0 Å². The summed E-state index contributed by atoms with van der Waals surface area (Å²) in [5, 5.41) is 11.3. The van der Waals surface area contributed by atoms with Gasteiger partial charge < -0.3 is 5.11 Å². The Morgan fingerprint density at radius 1 is 0.933 bits per heavy atom. The van der Waals surface area contributed by atoms with E-state index in [-0.39, 0.29) is 17.1 Å². The van der Waals surface area contributed by atoms with Gasteiger partial charge in [0.1, 0.15) is 0 Å². The van der Waals surface area contributed by atoms with Crippen LogP contribution in [0.5, 0.6) is 0 Å². The number of aryl methyl sites for hydroxylation is 1. The van der Waals surface area contributed by atoms with Crippen LogP contribution in [-0.4, -0.2) is 31.0 Å². The van der Waals surface area contributed by atoms with Crippen molar-refractivity contribution in [2.24, 2.45) is 5.92 Å². The molecular formula is C23H22O5S2. The molecule has 7 heteroatoms. The molecule has 0 saturated carbocycles. The Morgan fingerprint density at radius 3 is 2.23 bits per heavy atom. The third kappa shape index (κ3) is 5.64. The van der Waals surface area contributed by atoms with E-state index < -0.39 is 27.5 Å². The van der Waals surface area contributed by atoms with E-state index in [0.717, 1.165) is 5.56 Å². The molecule has 0 bridgehead atoms. The van der Waals surface area contributed by atoms with Crippen molar-refractivity contribution in [2.45, 2.75) is 24.2 Å². The molecule has 1 atom stereocenters. The van der Waals surface area contributed by atoms with Gasteiger partial charge in [0.05, 0.1) is 21.4 Å². The van der Waals surface area contributed by atoms with Gasteiger partial charge in [0, 0.05) is 5.56 Å². The first kappa shape index (κ1) is 21.9. The lowest BCUT2D eigenvalue weighted by Crippen LogP contribution is -2.24. The Balaban J connectivity index is 1.65. The van der Waals surface area contributed by atoms with E-state index in [1.165, 1.54) is 35.6 Å². The summed E-state index contributed by atoms with van der Waals surface area (Å²) in [6.45, 7) is 0. The molecule has 0 radical (unpaired) electrons. The number of carbonyl (C=O) groups excluding carboxylic acids is 1. The van der Waals surface area contributed by atoms with Gasteiger partial charge in [-0.1, -0.05) is 36.4 Å². The zero-order chi connectivity index (χ0) is 21.6. The molecule has 0 fully saturated rings. The van der Waals surface area contributed by atoms with Crippen LogP contribution in [0.25, 0.3) is 0 Å². The van der Waals surface area contributed by atoms with E-state index in [1.807, 2.05) is 30.3 Å². The van der Waals surface area contributed by atoms with Crippen LogP contribution in [0, 0.1) is 5.92 Å². The van der Waals surface area contributed by atoms with Gasteiger partial charge >= 0.3 is 5.97 Å². The van der Waals surface area contributed by atoms with Crippen molar-refractivity contribution in [1.82, 2.24) is 0 Å². The number of ketones is 1. The summed E-state index contributed by atoms with van der Waals surface area (Å²) in [6.07, 6.45) is 1.56. The Hall–Kier alpha value is -2.77. The van der Waals surface area contributed by atoms with Crippen LogP contribution in [0.3, 0.4) is 0 Å². The number of carboxylic acid groups (broad SMARTS) is 1. The summed E-state index contributed by atoms with van der Waals surface area (Å²) < 4.78 is 25.5. The lowest BCUT2D eigenvalue weighted by Gasteiger charge is -2.13. The number of thiophene rings is 1. The maximum atomic E-state index is 12.7. The molecule has 1 aromatic heterocycles. The Bertz CT molecular complexity index is 1090. The second kappa shape index (κ2) is 9.82. The lowest BCUT2D eigenvalue weighted by molar-refractivity contribution is -0.141. The minimum atomic E-state index is -3.79. The highest BCUT2D eigenvalue weighted by Crippen LogP contribution is 2.21. The van der Waals surface area contributed by atoms with Crippen LogP contribution in [0.15, 0.2) is 77.0 Å². The number of hydrogen-bond acceptors (Lipinski definition) is 5. The smallest absolute Gasteiger partial charge is 0.307 e. The quantitative estimate of drug-likeness (QED) is 0.468. The van der Waals surface area contributed by atoms with Crippen molar-refractivity contribution in [2.75, 3.05) is 5.75 Å². The lowest BCUT2D eigenvalue weighted by atomic mass is 10.0. The maximum Gasteiger partial charge on any atom is 0.307 e. The molecule has 1 N–H and O–H groups in total. The van der Waals surface area contributed by atoms with Gasteiger partial charge in [0.25, 0.3) is 0 Å². The fraction of sp³-hybridized carbons (Fsp3) is 0.217. The van der Waals surface area contributed by atoms with Crippen LogP contribution in [0.1, 0.15) is 33.6 Å². The first-order chi connectivity index (χ1) is 14.4. The van der Waals surface area contributed by atoms with Crippen molar-refractivity contribution in [3.63, 3.8) is 0 Å². The topological polar surface area (TPSA) is 88.5 Å². The first-order valence-corrected chi connectivity index (χ1v) is 12.1. The predicted octanol–water partition coefficient (Wildman–Crippen LogP) is 4.48. The number of carboxylic acids is 1. The van der Waals surface area contributed by atoms with Crippen LogP contribution in [0.4, 0.5) is 0 Å². The van der Waals surface area contributed by atoms with Crippen LogP contribution < -0.4 is 0 Å². The molecule has 2 aromatic carbocycles. The molecule has 0 spiro atoms. The maximum absolute atomic E-state index is 12.7. The summed E-state index contributed by atoms with van der Waals surface area (Å²) >= 11 is 1.32. The average Bonchev–Trinajstić information content (AvgIpc) is 3.28. The number of carbonyl (C=O) groups is 2. The fourth-order valence-electron chi connectivity index (χ4n) is 3.20. The number of benzene rings is 2. The third-order valence-corrected chi connectivity index (χ3v) is 7.55. The molecule has 1 heterocycles. The zero-order valence-corrected chi connectivity index (χ0v) is 17.9. The molecule has 30 heavy (non-hydrogen) atoms. The summed E-state index contributed by atoms with van der Waals surface area (Å²) in [5.74, 6) is -2.73. The third-order valence-electron chi connectivity index (χ3n) is 4.85. The molecule has 1 unspecified atom stereocenters. The van der Waals surface area contributed by atoms with E-state index in [9.17, 15) is 23.1 Å². The fourth-order valence-corrected chi connectivity index (χ4v) is 5.47. The summed E-state index contributed by atoms with van der Waals surface area (Å²) in [4.78, 5) is 24.6. The normalized spacial score (nSPS) is 12.4. The van der Waals surface area contributed by atoms with Crippen molar-refractivity contribution < 1.29 is 23.1 Å². The Morgan fingerprint density at radius 2 is 1.63 bits per heavy atom. The highest BCUT2D eigenvalue weighted by molar-refractivity contribution is 7.91. The first-order valence-electron chi connectivity index (χ1n) is 9.54. The predicted molar refractivity (Wildman–Crippen MR) is 117 cm³/mol. The molecule has 0 aliphatic heterocycles. The van der Waals surface area contributed by atoms with E-state index in [1.54, 1.807) is 17.5 Å². The minimum Gasteiger partial charge on any atom is -0.481 e. The van der Waals surface area contributed by atoms with E-state index in [0.29, 0.717) is 23.3 Å². The van der Waals surface area contributed by atoms with E-state index in [2.05, 4.69) is 0 Å².